The molecule has 1 amide bonds. The van der Waals surface area contributed by atoms with Crippen molar-refractivity contribution in [2.45, 2.75) is 0 Å². The summed E-state index contributed by atoms with van der Waals surface area (Å²) in [5.74, 6) is -0.687. The molecule has 0 spiro atoms. The van der Waals surface area contributed by atoms with Crippen molar-refractivity contribution in [2.24, 2.45) is 5.10 Å². The molecule has 0 aliphatic heterocycles. The number of para-hydroxylation sites is 1. The lowest BCUT2D eigenvalue weighted by molar-refractivity contribution is 0.0953. The zero-order valence-electron chi connectivity index (χ0n) is 11.4. The maximum absolute atomic E-state index is 11.7. The number of aromatic nitrogens is 2. The number of benzene rings is 1. The minimum atomic E-state index is -0.833. The Kier molecular flexibility index (Phi) is 4.37. The summed E-state index contributed by atoms with van der Waals surface area (Å²) in [6.07, 6.45) is 2.17. The van der Waals surface area contributed by atoms with Crippen LogP contribution in [0.3, 0.4) is 0 Å². The van der Waals surface area contributed by atoms with E-state index in [1.165, 1.54) is 13.3 Å². The maximum atomic E-state index is 11.7. The van der Waals surface area contributed by atoms with Crippen molar-refractivity contribution in [3.8, 4) is 11.5 Å². The SMILES string of the molecule is COc1cccc(/C=N/NC(=O)c2c[nH]c(=O)[nH]c2=O)c1O. The number of aromatic amines is 2. The number of hydrogen-bond donors (Lipinski definition) is 4. The molecule has 0 fully saturated rings. The van der Waals surface area contributed by atoms with Crippen LogP contribution in [0.4, 0.5) is 0 Å². The number of nitrogens with one attached hydrogen (secondary N) is 3. The second kappa shape index (κ2) is 6.39. The molecule has 2 rings (SSSR count). The molecule has 0 aliphatic rings. The second-order valence-electron chi connectivity index (χ2n) is 4.08. The number of aromatic hydroxyl groups is 1. The molecular formula is C13H12N4O5. The molecule has 0 atom stereocenters. The van der Waals surface area contributed by atoms with Crippen LogP contribution in [0.15, 0.2) is 39.1 Å². The lowest BCUT2D eigenvalue weighted by Gasteiger charge is -2.04. The molecule has 0 bridgehead atoms. The molecule has 9 heteroatoms. The Morgan fingerprint density at radius 1 is 1.41 bits per heavy atom. The van der Waals surface area contributed by atoms with E-state index in [9.17, 15) is 19.5 Å². The number of phenols is 1. The third-order valence-electron chi connectivity index (χ3n) is 2.68. The molecule has 0 saturated heterocycles. The first-order chi connectivity index (χ1) is 10.5. The highest BCUT2D eigenvalue weighted by atomic mass is 16.5. The van der Waals surface area contributed by atoms with Gasteiger partial charge in [0.2, 0.25) is 0 Å². The molecule has 2 aromatic rings. The van der Waals surface area contributed by atoms with Crippen LogP contribution in [0.1, 0.15) is 15.9 Å². The highest BCUT2D eigenvalue weighted by molar-refractivity contribution is 5.94. The summed E-state index contributed by atoms with van der Waals surface area (Å²) in [5, 5.41) is 13.5. The monoisotopic (exact) mass is 304 g/mol. The number of H-pyrrole nitrogens is 2. The fourth-order valence-electron chi connectivity index (χ4n) is 1.61. The smallest absolute Gasteiger partial charge is 0.325 e. The number of hydrazone groups is 1. The number of phenolic OH excluding ortho intramolecular Hbond substituents is 1. The Bertz CT molecular complexity index is 837. The van der Waals surface area contributed by atoms with Crippen LogP contribution in [-0.2, 0) is 0 Å². The van der Waals surface area contributed by atoms with Crippen LogP contribution in [0.25, 0.3) is 0 Å². The Morgan fingerprint density at radius 2 is 2.18 bits per heavy atom. The van der Waals surface area contributed by atoms with E-state index in [0.717, 1.165) is 6.20 Å². The van der Waals surface area contributed by atoms with Gasteiger partial charge in [-0.2, -0.15) is 5.10 Å². The molecule has 0 aliphatic carbocycles. The van der Waals surface area contributed by atoms with E-state index in [-0.39, 0.29) is 17.1 Å². The molecule has 0 radical (unpaired) electrons. The van der Waals surface area contributed by atoms with E-state index in [4.69, 9.17) is 4.74 Å². The number of amides is 1. The van der Waals surface area contributed by atoms with Gasteiger partial charge in [-0.15, -0.1) is 0 Å². The molecule has 1 aromatic heterocycles. The minimum absolute atomic E-state index is 0.134. The lowest BCUT2D eigenvalue weighted by atomic mass is 10.2. The normalized spacial score (nSPS) is 10.6. The van der Waals surface area contributed by atoms with Crippen LogP contribution >= 0.6 is 0 Å². The number of hydrogen-bond acceptors (Lipinski definition) is 6. The van der Waals surface area contributed by atoms with Gasteiger partial charge >= 0.3 is 5.69 Å². The summed E-state index contributed by atoms with van der Waals surface area (Å²) in [6.45, 7) is 0. The summed E-state index contributed by atoms with van der Waals surface area (Å²) in [5.41, 5.74) is 0.575. The van der Waals surface area contributed by atoms with Gasteiger partial charge in [-0.3, -0.25) is 14.6 Å². The largest absolute Gasteiger partial charge is 0.504 e. The average molecular weight is 304 g/mol. The van der Waals surface area contributed by atoms with Crippen LogP contribution in [0.5, 0.6) is 11.5 Å². The molecule has 22 heavy (non-hydrogen) atoms. The van der Waals surface area contributed by atoms with Gasteiger partial charge in [-0.05, 0) is 12.1 Å². The Balaban J connectivity index is 2.14. The van der Waals surface area contributed by atoms with Gasteiger partial charge in [0, 0.05) is 11.8 Å². The molecule has 4 N–H and O–H groups in total. The molecule has 0 unspecified atom stereocenters. The minimum Gasteiger partial charge on any atom is -0.504 e. The zero-order chi connectivity index (χ0) is 16.1. The van der Waals surface area contributed by atoms with E-state index in [1.54, 1.807) is 18.2 Å². The number of carbonyl (C=O) groups is 1. The number of ether oxygens (including phenoxy) is 1. The third-order valence-corrected chi connectivity index (χ3v) is 2.68. The summed E-state index contributed by atoms with van der Waals surface area (Å²) in [4.78, 5) is 38.1. The van der Waals surface area contributed by atoms with Crippen molar-refractivity contribution in [3.05, 3.63) is 56.4 Å². The van der Waals surface area contributed by atoms with E-state index >= 15 is 0 Å². The zero-order valence-corrected chi connectivity index (χ0v) is 11.4. The Hall–Kier alpha value is -3.36. The Morgan fingerprint density at radius 3 is 2.86 bits per heavy atom. The maximum Gasteiger partial charge on any atom is 0.325 e. The molecule has 1 aromatic carbocycles. The van der Waals surface area contributed by atoms with Gasteiger partial charge in [0.25, 0.3) is 11.5 Å². The summed E-state index contributed by atoms with van der Waals surface area (Å²) in [6, 6.07) is 4.75. The molecule has 1 heterocycles. The van der Waals surface area contributed by atoms with E-state index in [2.05, 4.69) is 15.5 Å². The summed E-state index contributed by atoms with van der Waals surface area (Å²) >= 11 is 0. The quantitative estimate of drug-likeness (QED) is 0.447. The number of nitrogens with zero attached hydrogens (tertiary/aromatic N) is 1. The first-order valence-electron chi connectivity index (χ1n) is 6.04. The lowest BCUT2D eigenvalue weighted by Crippen LogP contribution is -2.31. The van der Waals surface area contributed by atoms with E-state index < -0.39 is 17.2 Å². The highest BCUT2D eigenvalue weighted by Crippen LogP contribution is 2.27. The molecule has 114 valence electrons. The summed E-state index contributed by atoms with van der Waals surface area (Å²) < 4.78 is 4.93. The van der Waals surface area contributed by atoms with Gasteiger partial charge in [-0.25, -0.2) is 10.2 Å². The highest BCUT2D eigenvalue weighted by Gasteiger charge is 2.10. The van der Waals surface area contributed by atoms with Gasteiger partial charge in [0.15, 0.2) is 11.5 Å². The number of methoxy groups -OCH3 is 1. The fraction of sp³-hybridized carbons (Fsp3) is 0.0769. The van der Waals surface area contributed by atoms with Crippen LogP contribution in [0, 0.1) is 0 Å². The van der Waals surface area contributed by atoms with Gasteiger partial charge in [-0.1, -0.05) is 6.07 Å². The molecule has 9 nitrogen and oxygen atoms in total. The standard InChI is InChI=1S/C13H12N4O5/c1-22-9-4-2-3-7(10(9)18)5-15-17-12(20)8-6-14-13(21)16-11(8)19/h2-6,18H,1H3,(H,17,20)(H2,14,16,19,21)/b15-5+. The number of carbonyl (C=O) groups excluding carboxylic acids is 1. The van der Waals surface area contributed by atoms with Crippen molar-refractivity contribution in [1.29, 1.82) is 0 Å². The van der Waals surface area contributed by atoms with Crippen LogP contribution in [0.2, 0.25) is 0 Å². The Labute approximate surface area is 123 Å². The van der Waals surface area contributed by atoms with Crippen molar-refractivity contribution >= 4 is 12.1 Å². The van der Waals surface area contributed by atoms with Crippen LogP contribution < -0.4 is 21.4 Å². The fourth-order valence-corrected chi connectivity index (χ4v) is 1.61. The first kappa shape index (κ1) is 15.0. The molecule has 0 saturated carbocycles. The van der Waals surface area contributed by atoms with Crippen molar-refractivity contribution < 1.29 is 14.6 Å². The average Bonchev–Trinajstić information content (AvgIpc) is 2.48. The first-order valence-corrected chi connectivity index (χ1v) is 6.04. The van der Waals surface area contributed by atoms with E-state index in [1.807, 2.05) is 4.98 Å². The van der Waals surface area contributed by atoms with Gasteiger partial charge in [0.1, 0.15) is 5.56 Å². The predicted octanol–water partition coefficient (Wildman–Crippen LogP) is -0.459. The van der Waals surface area contributed by atoms with Gasteiger partial charge < -0.3 is 14.8 Å². The van der Waals surface area contributed by atoms with Crippen molar-refractivity contribution in [2.75, 3.05) is 7.11 Å². The number of rotatable bonds is 4. The predicted molar refractivity (Wildman–Crippen MR) is 77.4 cm³/mol. The molecular weight excluding hydrogens is 292 g/mol. The van der Waals surface area contributed by atoms with Crippen LogP contribution in [-0.4, -0.2) is 34.3 Å². The topological polar surface area (TPSA) is 137 Å². The van der Waals surface area contributed by atoms with Crippen molar-refractivity contribution in [3.63, 3.8) is 0 Å². The third kappa shape index (κ3) is 3.20. The van der Waals surface area contributed by atoms with Gasteiger partial charge in [0.05, 0.1) is 13.3 Å². The summed E-state index contributed by atoms with van der Waals surface area (Å²) in [7, 11) is 1.40. The van der Waals surface area contributed by atoms with Crippen molar-refractivity contribution in [1.82, 2.24) is 15.4 Å². The van der Waals surface area contributed by atoms with E-state index in [0.29, 0.717) is 5.56 Å². The second-order valence-corrected chi connectivity index (χ2v) is 4.08.